The van der Waals surface area contributed by atoms with Crippen molar-refractivity contribution in [1.82, 2.24) is 24.5 Å². The summed E-state index contributed by atoms with van der Waals surface area (Å²) in [6.07, 6.45) is 0. The number of anilines is 1. The van der Waals surface area contributed by atoms with E-state index in [1.807, 2.05) is 31.2 Å². The first kappa shape index (κ1) is 21.4. The number of carbonyl (C=O) groups is 1. The summed E-state index contributed by atoms with van der Waals surface area (Å²) >= 11 is 0. The first-order valence-electron chi connectivity index (χ1n) is 8.96. The van der Waals surface area contributed by atoms with Crippen molar-refractivity contribution in [3.63, 3.8) is 0 Å². The first-order chi connectivity index (χ1) is 14.2. The maximum atomic E-state index is 12.5. The lowest BCUT2D eigenvalue weighted by molar-refractivity contribution is -0.117. The van der Waals surface area contributed by atoms with Crippen molar-refractivity contribution in [3.05, 3.63) is 48.0 Å². The summed E-state index contributed by atoms with van der Waals surface area (Å²) < 4.78 is 31.2. The van der Waals surface area contributed by atoms with Crippen LogP contribution < -0.4 is 10.1 Å². The summed E-state index contributed by atoms with van der Waals surface area (Å²) in [6.45, 7) is 1.80. The highest BCUT2D eigenvalue weighted by molar-refractivity contribution is 7.89. The Kier molecular flexibility index (Phi) is 6.13. The summed E-state index contributed by atoms with van der Waals surface area (Å²) in [4.78, 5) is 13.5. The number of sulfonamides is 1. The average Bonchev–Trinajstić information content (AvgIpc) is 3.16. The largest absolute Gasteiger partial charge is 0.495 e. The Morgan fingerprint density at radius 1 is 1.17 bits per heavy atom. The Bertz CT molecular complexity index is 1160. The van der Waals surface area contributed by atoms with E-state index in [1.54, 1.807) is 6.07 Å². The number of tetrazole rings is 1. The standard InChI is InChI=1S/C19H22N6O4S/c1-13-5-7-14(8-6-13)19-21-23-25(22-19)12-18(26)20-15-9-10-16(29-4)17(11-15)30(27,28)24(2)3/h5-11H,12H2,1-4H3,(H,20,26). The Morgan fingerprint density at radius 3 is 2.50 bits per heavy atom. The molecule has 3 aromatic rings. The molecular weight excluding hydrogens is 408 g/mol. The Labute approximate surface area is 174 Å². The fourth-order valence-corrected chi connectivity index (χ4v) is 3.69. The summed E-state index contributed by atoms with van der Waals surface area (Å²) in [5.74, 6) is 0.162. The van der Waals surface area contributed by atoms with E-state index in [9.17, 15) is 13.2 Å². The first-order valence-corrected chi connectivity index (χ1v) is 10.4. The molecule has 0 bridgehead atoms. The third kappa shape index (κ3) is 4.63. The van der Waals surface area contributed by atoms with Crippen LogP contribution in [-0.2, 0) is 21.4 Å². The molecule has 0 atom stereocenters. The van der Waals surface area contributed by atoms with Gasteiger partial charge in [0, 0.05) is 25.3 Å². The monoisotopic (exact) mass is 430 g/mol. The van der Waals surface area contributed by atoms with Gasteiger partial charge in [-0.2, -0.15) is 4.80 Å². The van der Waals surface area contributed by atoms with Crippen molar-refractivity contribution in [3.8, 4) is 17.1 Å². The van der Waals surface area contributed by atoms with Crippen LogP contribution in [-0.4, -0.2) is 60.0 Å². The highest BCUT2D eigenvalue weighted by atomic mass is 32.2. The topological polar surface area (TPSA) is 119 Å². The molecule has 0 aliphatic rings. The van der Waals surface area contributed by atoms with E-state index in [2.05, 4.69) is 20.7 Å². The van der Waals surface area contributed by atoms with E-state index >= 15 is 0 Å². The van der Waals surface area contributed by atoms with Crippen LogP contribution in [0.3, 0.4) is 0 Å². The molecule has 0 spiro atoms. The van der Waals surface area contributed by atoms with Crippen molar-refractivity contribution in [2.24, 2.45) is 0 Å². The molecule has 158 valence electrons. The van der Waals surface area contributed by atoms with E-state index in [-0.39, 0.29) is 17.2 Å². The van der Waals surface area contributed by atoms with E-state index < -0.39 is 15.9 Å². The highest BCUT2D eigenvalue weighted by Crippen LogP contribution is 2.28. The van der Waals surface area contributed by atoms with E-state index in [0.29, 0.717) is 11.5 Å². The zero-order chi connectivity index (χ0) is 21.9. The van der Waals surface area contributed by atoms with E-state index in [4.69, 9.17) is 4.74 Å². The average molecular weight is 430 g/mol. The number of amides is 1. The van der Waals surface area contributed by atoms with Crippen LogP contribution in [0.5, 0.6) is 5.75 Å². The van der Waals surface area contributed by atoms with E-state index in [1.165, 1.54) is 38.1 Å². The number of ether oxygens (including phenoxy) is 1. The van der Waals surface area contributed by atoms with Crippen LogP contribution in [0.15, 0.2) is 47.4 Å². The summed E-state index contributed by atoms with van der Waals surface area (Å²) in [5.41, 5.74) is 2.21. The molecule has 1 amide bonds. The predicted molar refractivity (Wildman–Crippen MR) is 110 cm³/mol. The second kappa shape index (κ2) is 8.59. The third-order valence-electron chi connectivity index (χ3n) is 4.25. The van der Waals surface area contributed by atoms with Gasteiger partial charge in [0.1, 0.15) is 17.2 Å². The number of hydrogen-bond acceptors (Lipinski definition) is 7. The molecule has 0 radical (unpaired) electrons. The summed E-state index contributed by atoms with van der Waals surface area (Å²) in [5, 5.41) is 14.7. The molecule has 0 saturated heterocycles. The van der Waals surface area contributed by atoms with Gasteiger partial charge in [0.15, 0.2) is 0 Å². The van der Waals surface area contributed by atoms with Gasteiger partial charge in [0.05, 0.1) is 7.11 Å². The number of rotatable bonds is 7. The molecule has 11 heteroatoms. The number of nitrogens with zero attached hydrogens (tertiary/aromatic N) is 5. The van der Waals surface area contributed by atoms with Crippen molar-refractivity contribution in [1.29, 1.82) is 0 Å². The molecule has 0 fully saturated rings. The number of nitrogens with one attached hydrogen (secondary N) is 1. The molecule has 10 nitrogen and oxygen atoms in total. The summed E-state index contributed by atoms with van der Waals surface area (Å²) in [6, 6.07) is 12.0. The van der Waals surface area contributed by atoms with Gasteiger partial charge in [-0.15, -0.1) is 10.2 Å². The zero-order valence-corrected chi connectivity index (χ0v) is 17.8. The Morgan fingerprint density at radius 2 is 1.87 bits per heavy atom. The fraction of sp³-hybridized carbons (Fsp3) is 0.263. The number of methoxy groups -OCH3 is 1. The van der Waals surface area contributed by atoms with Crippen LogP contribution >= 0.6 is 0 Å². The Hall–Kier alpha value is -3.31. The van der Waals surface area contributed by atoms with Crippen LogP contribution in [0.1, 0.15) is 5.56 Å². The normalized spacial score (nSPS) is 11.5. The molecule has 1 aromatic heterocycles. The van der Waals surface area contributed by atoms with E-state index in [0.717, 1.165) is 15.4 Å². The van der Waals surface area contributed by atoms with Crippen molar-refractivity contribution in [2.75, 3.05) is 26.5 Å². The van der Waals surface area contributed by atoms with Gasteiger partial charge in [0.2, 0.25) is 21.8 Å². The van der Waals surface area contributed by atoms with Crippen LogP contribution in [0.2, 0.25) is 0 Å². The van der Waals surface area contributed by atoms with Crippen molar-refractivity contribution in [2.45, 2.75) is 18.4 Å². The maximum Gasteiger partial charge on any atom is 0.248 e. The molecule has 1 heterocycles. The zero-order valence-electron chi connectivity index (χ0n) is 17.0. The molecule has 3 rings (SSSR count). The van der Waals surface area contributed by atoms with Gasteiger partial charge in [-0.1, -0.05) is 29.8 Å². The van der Waals surface area contributed by atoms with Gasteiger partial charge < -0.3 is 10.1 Å². The lowest BCUT2D eigenvalue weighted by Crippen LogP contribution is -2.24. The van der Waals surface area contributed by atoms with Crippen molar-refractivity contribution < 1.29 is 17.9 Å². The van der Waals surface area contributed by atoms with Gasteiger partial charge in [-0.25, -0.2) is 12.7 Å². The lowest BCUT2D eigenvalue weighted by atomic mass is 10.1. The minimum absolute atomic E-state index is 0.0478. The molecule has 0 aliphatic carbocycles. The van der Waals surface area contributed by atoms with Gasteiger partial charge >= 0.3 is 0 Å². The molecule has 0 saturated carbocycles. The van der Waals surface area contributed by atoms with Crippen LogP contribution in [0.4, 0.5) is 5.69 Å². The maximum absolute atomic E-state index is 12.5. The SMILES string of the molecule is COc1ccc(NC(=O)Cn2nnc(-c3ccc(C)cc3)n2)cc1S(=O)(=O)N(C)C. The van der Waals surface area contributed by atoms with Crippen LogP contribution in [0, 0.1) is 6.92 Å². The smallest absolute Gasteiger partial charge is 0.248 e. The number of carbonyl (C=O) groups excluding carboxylic acids is 1. The molecule has 30 heavy (non-hydrogen) atoms. The second-order valence-electron chi connectivity index (χ2n) is 6.71. The van der Waals surface area contributed by atoms with Crippen molar-refractivity contribution >= 4 is 21.6 Å². The van der Waals surface area contributed by atoms with Gasteiger partial charge in [-0.05, 0) is 30.3 Å². The molecule has 0 aliphatic heterocycles. The molecule has 2 aromatic carbocycles. The third-order valence-corrected chi connectivity index (χ3v) is 6.09. The quantitative estimate of drug-likeness (QED) is 0.604. The lowest BCUT2D eigenvalue weighted by Gasteiger charge is -2.15. The Balaban J connectivity index is 1.75. The second-order valence-corrected chi connectivity index (χ2v) is 8.83. The van der Waals surface area contributed by atoms with Gasteiger partial charge in [-0.3, -0.25) is 4.79 Å². The molecule has 0 unspecified atom stereocenters. The fourth-order valence-electron chi connectivity index (χ4n) is 2.61. The minimum Gasteiger partial charge on any atom is -0.495 e. The number of aromatic nitrogens is 4. The minimum atomic E-state index is -3.75. The van der Waals surface area contributed by atoms with Crippen LogP contribution in [0.25, 0.3) is 11.4 Å². The number of benzene rings is 2. The molecule has 1 N–H and O–H groups in total. The van der Waals surface area contributed by atoms with Gasteiger partial charge in [0.25, 0.3) is 0 Å². The summed E-state index contributed by atoms with van der Waals surface area (Å²) in [7, 11) is 0.467. The highest BCUT2D eigenvalue weighted by Gasteiger charge is 2.23. The predicted octanol–water partition coefficient (Wildman–Crippen LogP) is 1.55. The number of hydrogen-bond donors (Lipinski definition) is 1. The molecular formula is C19H22N6O4S. The number of aryl methyl sites for hydroxylation is 1.